The molecule has 0 aliphatic carbocycles. The smallest absolute Gasteiger partial charge is 0.409 e. The summed E-state index contributed by atoms with van der Waals surface area (Å²) in [6.07, 6.45) is -9.00. The Bertz CT molecular complexity index is 3410. The molecule has 6 aromatic rings. The van der Waals surface area contributed by atoms with Crippen molar-refractivity contribution in [3.8, 4) is 17.2 Å². The SMILES string of the molecule is COc1ccc(C(OC[C@H]2O[C@@H](n3cnc4c(=O)[nH]c(NC(=O)COc5ccccc5)nc43)C[C@@H]2OP(=O)(OCCCO[C@@H]2O[C@H](COC(C)=O)[C@@H](OC(C)=O)[C@H](OC(C)=O)[C@H]2OC(C)=O)N(C(C)C)C(C)C)(c2ccccc2)c2ccc(OC)cc2)cc1. The van der Waals surface area contributed by atoms with E-state index in [4.69, 9.17) is 61.2 Å². The lowest BCUT2D eigenvalue weighted by molar-refractivity contribution is -0.308. The van der Waals surface area contributed by atoms with Gasteiger partial charge in [0, 0.05) is 46.2 Å². The summed E-state index contributed by atoms with van der Waals surface area (Å²) in [6, 6.07) is 32.3. The zero-order valence-electron chi connectivity index (χ0n) is 51.1. The van der Waals surface area contributed by atoms with Crippen LogP contribution in [0.2, 0.25) is 0 Å². The molecular weight excluding hydrogens is 1180 g/mol. The quantitative estimate of drug-likeness (QED) is 0.0150. The average molecular weight is 1260 g/mol. The number of carbonyl (C=O) groups is 5. The van der Waals surface area contributed by atoms with E-state index in [0.29, 0.717) is 28.4 Å². The summed E-state index contributed by atoms with van der Waals surface area (Å²) in [5, 5.41) is 2.60. The number of ether oxygens (including phenoxy) is 11. The van der Waals surface area contributed by atoms with Crippen LogP contribution in [-0.2, 0) is 81.1 Å². The van der Waals surface area contributed by atoms with Crippen molar-refractivity contribution in [2.24, 2.45) is 0 Å². The number of methoxy groups -OCH3 is 2. The zero-order chi connectivity index (χ0) is 64.0. The van der Waals surface area contributed by atoms with Crippen LogP contribution in [0.15, 0.2) is 120 Å². The minimum Gasteiger partial charge on any atom is -0.497 e. The number of benzene rings is 4. The predicted octanol–water partition coefficient (Wildman–Crippen LogP) is 7.57. The molecule has 478 valence electrons. The fourth-order valence-corrected chi connectivity index (χ4v) is 13.0. The summed E-state index contributed by atoms with van der Waals surface area (Å²) in [4.78, 5) is 87.8. The molecule has 0 spiro atoms. The van der Waals surface area contributed by atoms with Gasteiger partial charge in [0.15, 0.2) is 42.4 Å². The number of imidazole rings is 1. The van der Waals surface area contributed by atoms with Gasteiger partial charge in [0.25, 0.3) is 11.5 Å². The Labute approximate surface area is 514 Å². The van der Waals surface area contributed by atoms with E-state index in [1.54, 1.807) is 43.2 Å². The number of H-pyrrole nitrogens is 1. The number of hydrogen-bond donors (Lipinski definition) is 2. The van der Waals surface area contributed by atoms with Gasteiger partial charge in [0.1, 0.15) is 54.0 Å². The number of nitrogens with zero attached hydrogens (tertiary/aromatic N) is 4. The maximum absolute atomic E-state index is 16.1. The van der Waals surface area contributed by atoms with E-state index in [9.17, 15) is 28.8 Å². The molecule has 0 bridgehead atoms. The largest absolute Gasteiger partial charge is 0.497 e. The first-order chi connectivity index (χ1) is 42.6. The minimum absolute atomic E-state index is 0.00238. The van der Waals surface area contributed by atoms with Crippen molar-refractivity contribution in [1.82, 2.24) is 24.2 Å². The van der Waals surface area contributed by atoms with Gasteiger partial charge in [0.05, 0.1) is 40.4 Å². The molecule has 1 unspecified atom stereocenters. The molecule has 2 aromatic heterocycles. The third kappa shape index (κ3) is 16.6. The number of nitrogens with one attached hydrogen (secondary N) is 2. The van der Waals surface area contributed by atoms with E-state index >= 15 is 4.57 Å². The molecule has 2 N–H and O–H groups in total. The Balaban J connectivity index is 1.13. The molecule has 4 aromatic carbocycles. The molecule has 2 aliphatic heterocycles. The molecule has 0 saturated carbocycles. The molecule has 8 rings (SSSR count). The lowest BCUT2D eigenvalue weighted by atomic mass is 9.80. The van der Waals surface area contributed by atoms with Crippen LogP contribution in [0.5, 0.6) is 17.2 Å². The van der Waals surface area contributed by atoms with Crippen LogP contribution in [0.1, 0.15) is 91.1 Å². The first-order valence-electron chi connectivity index (χ1n) is 28.8. The first-order valence-corrected chi connectivity index (χ1v) is 30.3. The van der Waals surface area contributed by atoms with Crippen LogP contribution in [0.3, 0.4) is 0 Å². The van der Waals surface area contributed by atoms with Crippen LogP contribution in [-0.4, -0.2) is 156 Å². The predicted molar refractivity (Wildman–Crippen MR) is 319 cm³/mol. The molecule has 4 heterocycles. The van der Waals surface area contributed by atoms with Crippen molar-refractivity contribution in [2.75, 3.05) is 52.6 Å². The van der Waals surface area contributed by atoms with Crippen LogP contribution < -0.4 is 25.1 Å². The fourth-order valence-electron chi connectivity index (χ4n) is 10.7. The second-order valence-corrected chi connectivity index (χ2v) is 23.2. The summed E-state index contributed by atoms with van der Waals surface area (Å²) in [5.74, 6) is -2.25. The maximum Gasteiger partial charge on any atom is 0.409 e. The summed E-state index contributed by atoms with van der Waals surface area (Å²) in [5.41, 5.74) is 0.0958. The molecule has 2 aliphatic rings. The molecule has 9 atom stereocenters. The van der Waals surface area contributed by atoms with Crippen molar-refractivity contribution >= 4 is 54.6 Å². The number of anilines is 1. The normalized spacial score (nSPS) is 20.8. The van der Waals surface area contributed by atoms with Crippen molar-refractivity contribution in [1.29, 1.82) is 0 Å². The van der Waals surface area contributed by atoms with E-state index in [-0.39, 0.29) is 49.8 Å². The topological polar surface area (TPSA) is 301 Å². The number of aromatic amines is 1. The fraction of sp³-hybridized carbons (Fsp3) is 0.452. The summed E-state index contributed by atoms with van der Waals surface area (Å²) in [7, 11) is -1.32. The number of amides is 1. The first kappa shape index (κ1) is 66.9. The Hall–Kier alpha value is -8.07. The Kier molecular flexibility index (Phi) is 22.9. The number of para-hydroxylation sites is 1. The molecule has 1 amide bonds. The zero-order valence-corrected chi connectivity index (χ0v) is 52.0. The van der Waals surface area contributed by atoms with Gasteiger partial charge in [-0.15, -0.1) is 0 Å². The van der Waals surface area contributed by atoms with Gasteiger partial charge in [-0.3, -0.25) is 52.7 Å². The molecule has 0 radical (unpaired) electrons. The van der Waals surface area contributed by atoms with Crippen LogP contribution in [0.25, 0.3) is 11.2 Å². The summed E-state index contributed by atoms with van der Waals surface area (Å²) < 4.78 is 97.9. The maximum atomic E-state index is 16.1. The highest BCUT2D eigenvalue weighted by atomic mass is 31.2. The molecule has 27 heteroatoms. The third-order valence-corrected chi connectivity index (χ3v) is 16.9. The van der Waals surface area contributed by atoms with Gasteiger partial charge >= 0.3 is 31.6 Å². The summed E-state index contributed by atoms with van der Waals surface area (Å²) >= 11 is 0. The minimum atomic E-state index is -4.47. The molecule has 26 nitrogen and oxygen atoms in total. The second kappa shape index (κ2) is 30.4. The molecule has 89 heavy (non-hydrogen) atoms. The number of fused-ring (bicyclic) bond motifs is 1. The Morgan fingerprint density at radius 2 is 1.28 bits per heavy atom. The van der Waals surface area contributed by atoms with E-state index in [2.05, 4.69) is 20.3 Å². The van der Waals surface area contributed by atoms with Crippen LogP contribution in [0, 0.1) is 0 Å². The molecular formula is C62H75N6O20P. The molecule has 2 saturated heterocycles. The van der Waals surface area contributed by atoms with Gasteiger partial charge in [0.2, 0.25) is 5.95 Å². The Morgan fingerprint density at radius 3 is 1.85 bits per heavy atom. The lowest BCUT2D eigenvalue weighted by Gasteiger charge is -2.44. The van der Waals surface area contributed by atoms with Crippen molar-refractivity contribution in [2.45, 2.75) is 135 Å². The number of rotatable bonds is 29. The van der Waals surface area contributed by atoms with E-state index < -0.39 is 123 Å². The second-order valence-electron chi connectivity index (χ2n) is 21.4. The van der Waals surface area contributed by atoms with Gasteiger partial charge in [-0.1, -0.05) is 72.8 Å². The highest BCUT2D eigenvalue weighted by molar-refractivity contribution is 7.51. The average Bonchev–Trinajstić information content (AvgIpc) is 1.44. The number of aromatic nitrogens is 4. The lowest BCUT2D eigenvalue weighted by Crippen LogP contribution is -2.63. The van der Waals surface area contributed by atoms with Crippen molar-refractivity contribution in [3.63, 3.8) is 0 Å². The van der Waals surface area contributed by atoms with Crippen LogP contribution >= 0.6 is 7.75 Å². The van der Waals surface area contributed by atoms with E-state index in [1.165, 1.54) is 10.9 Å². The van der Waals surface area contributed by atoms with Crippen molar-refractivity contribution < 1.29 is 89.7 Å². The van der Waals surface area contributed by atoms with Crippen LogP contribution in [0.4, 0.5) is 5.95 Å². The monoisotopic (exact) mass is 1250 g/mol. The number of esters is 4. The highest BCUT2D eigenvalue weighted by Gasteiger charge is 2.53. The Morgan fingerprint density at radius 1 is 0.708 bits per heavy atom. The van der Waals surface area contributed by atoms with Crippen molar-refractivity contribution in [3.05, 3.63) is 143 Å². The summed E-state index contributed by atoms with van der Waals surface area (Å²) in [6.45, 7) is 10.3. The van der Waals surface area contributed by atoms with Gasteiger partial charge in [-0.05, 0) is 87.2 Å². The van der Waals surface area contributed by atoms with Gasteiger partial charge < -0.3 is 52.1 Å². The van der Waals surface area contributed by atoms with Gasteiger partial charge in [-0.2, -0.15) is 4.98 Å². The number of hydrogen-bond acceptors (Lipinski definition) is 22. The highest BCUT2D eigenvalue weighted by Crippen LogP contribution is 2.58. The molecule has 2 fully saturated rings. The third-order valence-electron chi connectivity index (χ3n) is 14.3. The number of carbonyl (C=O) groups excluding carboxylic acids is 5. The van der Waals surface area contributed by atoms with E-state index in [1.807, 2.05) is 113 Å². The van der Waals surface area contributed by atoms with Gasteiger partial charge in [-0.25, -0.2) is 14.2 Å². The standard InChI is InChI=1S/C62H75N6O20P/c1-37(2)68(38(3)4)89(75,82-31-17-30-78-60-57(85-42(8)72)56(84-41(7)71)55(83-40(6)70)51(87-60)33-79-39(5)69)88-49-32-53(67-36-63-54-58(67)65-61(66-59(54)74)64-52(73)35-80-48-20-15-12-16-21-48)86-50(49)34-81-62(43-18-13-11-14-19-43,44-22-26-46(76-9)27-23-44)45-24-28-47(77-10)29-25-45/h11-16,18-29,36-38,49-51,53,55-57,60H,17,30-35H2,1-10H3,(H2,64,65,66,73,74)/t49-,50+,51+,53+,55+,56-,57+,60+,89?/m0/s1. The van der Waals surface area contributed by atoms with E-state index in [0.717, 1.165) is 33.3 Å².